The first-order chi connectivity index (χ1) is 10.7. The molecule has 114 valence electrons. The van der Waals surface area contributed by atoms with Crippen molar-refractivity contribution in [2.24, 2.45) is 0 Å². The highest BCUT2D eigenvalue weighted by atomic mass is 79.9. The predicted molar refractivity (Wildman–Crippen MR) is 92.1 cm³/mol. The molecule has 0 saturated heterocycles. The topological polar surface area (TPSA) is 49.9 Å². The fourth-order valence-electron chi connectivity index (χ4n) is 2.47. The highest BCUT2D eigenvalue weighted by Gasteiger charge is 2.05. The van der Waals surface area contributed by atoms with Gasteiger partial charge in [-0.15, -0.1) is 0 Å². The molecule has 0 aliphatic carbocycles. The number of nitrogens with one attached hydrogen (secondary N) is 2. The smallest absolute Gasteiger partial charge is 0.213 e. The molecule has 4 nitrogen and oxygen atoms in total. The quantitative estimate of drug-likeness (QED) is 0.725. The second kappa shape index (κ2) is 6.50. The number of aryl methyl sites for hydroxylation is 1. The molecule has 0 unspecified atom stereocenters. The van der Waals surface area contributed by atoms with Crippen LogP contribution in [0.25, 0.3) is 10.9 Å². The number of pyridine rings is 1. The Labute approximate surface area is 138 Å². The molecule has 3 aromatic rings. The summed E-state index contributed by atoms with van der Waals surface area (Å²) in [5.41, 5.74) is 4.49. The van der Waals surface area contributed by atoms with Gasteiger partial charge in [0.2, 0.25) is 5.88 Å². The molecule has 0 atom stereocenters. The molecule has 0 radical (unpaired) electrons. The van der Waals surface area contributed by atoms with Gasteiger partial charge < -0.3 is 15.0 Å². The van der Waals surface area contributed by atoms with Gasteiger partial charge in [0.25, 0.3) is 0 Å². The van der Waals surface area contributed by atoms with Crippen molar-refractivity contribution in [1.29, 1.82) is 0 Å². The summed E-state index contributed by atoms with van der Waals surface area (Å²) in [6.45, 7) is 3.56. The fourth-order valence-corrected chi connectivity index (χ4v) is 2.95. The Bertz CT molecular complexity index is 798. The number of ether oxygens (including phenoxy) is 1. The predicted octanol–water partition coefficient (Wildman–Crippen LogP) is 3.93. The van der Waals surface area contributed by atoms with Crippen LogP contribution < -0.4 is 10.1 Å². The minimum absolute atomic E-state index is 0.654. The lowest BCUT2D eigenvalue weighted by Gasteiger charge is -2.08. The molecule has 0 aliphatic heterocycles. The number of benzene rings is 1. The van der Waals surface area contributed by atoms with Crippen molar-refractivity contribution in [2.75, 3.05) is 7.11 Å². The number of fused-ring (bicyclic) bond motifs is 1. The van der Waals surface area contributed by atoms with Crippen molar-refractivity contribution in [3.63, 3.8) is 0 Å². The van der Waals surface area contributed by atoms with Gasteiger partial charge >= 0.3 is 0 Å². The maximum Gasteiger partial charge on any atom is 0.213 e. The number of halogens is 1. The van der Waals surface area contributed by atoms with Gasteiger partial charge in [-0.1, -0.05) is 28.1 Å². The van der Waals surface area contributed by atoms with Crippen LogP contribution in [-0.2, 0) is 13.1 Å². The van der Waals surface area contributed by atoms with E-state index in [1.807, 2.05) is 19.1 Å². The maximum absolute atomic E-state index is 5.13. The number of aromatic nitrogens is 2. The van der Waals surface area contributed by atoms with E-state index in [1.165, 1.54) is 16.6 Å². The SMILES string of the molecule is COc1ccc(CNCc2cc3c(Br)cccc3[nH]2)c(C)n1. The first-order valence-corrected chi connectivity index (χ1v) is 7.94. The van der Waals surface area contributed by atoms with E-state index >= 15 is 0 Å². The molecule has 0 saturated carbocycles. The van der Waals surface area contributed by atoms with E-state index in [4.69, 9.17) is 4.74 Å². The van der Waals surface area contributed by atoms with E-state index < -0.39 is 0 Å². The van der Waals surface area contributed by atoms with Crippen LogP contribution in [0.15, 0.2) is 40.9 Å². The summed E-state index contributed by atoms with van der Waals surface area (Å²) in [5, 5.41) is 4.66. The van der Waals surface area contributed by atoms with Crippen LogP contribution in [0.5, 0.6) is 5.88 Å². The van der Waals surface area contributed by atoms with E-state index in [1.54, 1.807) is 7.11 Å². The van der Waals surface area contributed by atoms with Gasteiger partial charge in [-0.3, -0.25) is 0 Å². The number of nitrogens with zero attached hydrogens (tertiary/aromatic N) is 1. The van der Waals surface area contributed by atoms with Gasteiger partial charge in [-0.25, -0.2) is 4.98 Å². The molecular formula is C17H18BrN3O. The van der Waals surface area contributed by atoms with Crippen LogP contribution in [0.3, 0.4) is 0 Å². The summed E-state index contributed by atoms with van der Waals surface area (Å²) in [5.74, 6) is 0.654. The van der Waals surface area contributed by atoms with Crippen molar-refractivity contribution in [3.05, 3.63) is 57.8 Å². The molecule has 0 amide bonds. The van der Waals surface area contributed by atoms with Gasteiger partial charge in [0.05, 0.1) is 7.11 Å². The lowest BCUT2D eigenvalue weighted by Crippen LogP contribution is -2.14. The van der Waals surface area contributed by atoms with Gasteiger partial charge in [0.15, 0.2) is 0 Å². The van der Waals surface area contributed by atoms with Crippen LogP contribution in [-0.4, -0.2) is 17.1 Å². The van der Waals surface area contributed by atoms with Crippen molar-refractivity contribution in [1.82, 2.24) is 15.3 Å². The first kappa shape index (κ1) is 15.1. The second-order valence-electron chi connectivity index (χ2n) is 5.20. The number of hydrogen-bond donors (Lipinski definition) is 2. The van der Waals surface area contributed by atoms with E-state index in [9.17, 15) is 0 Å². The molecule has 0 aliphatic rings. The summed E-state index contributed by atoms with van der Waals surface area (Å²) < 4.78 is 6.24. The number of H-pyrrole nitrogens is 1. The maximum atomic E-state index is 5.13. The van der Waals surface area contributed by atoms with Crippen LogP contribution >= 0.6 is 15.9 Å². The highest BCUT2D eigenvalue weighted by molar-refractivity contribution is 9.10. The average Bonchev–Trinajstić information content (AvgIpc) is 2.93. The monoisotopic (exact) mass is 359 g/mol. The van der Waals surface area contributed by atoms with Crippen LogP contribution in [0.4, 0.5) is 0 Å². The lowest BCUT2D eigenvalue weighted by molar-refractivity contribution is 0.396. The molecule has 2 aromatic heterocycles. The fraction of sp³-hybridized carbons (Fsp3) is 0.235. The Morgan fingerprint density at radius 2 is 2.09 bits per heavy atom. The van der Waals surface area contributed by atoms with Crippen molar-refractivity contribution < 1.29 is 4.74 Å². The summed E-state index contributed by atoms with van der Waals surface area (Å²) in [7, 11) is 1.63. The Balaban J connectivity index is 1.66. The van der Waals surface area contributed by atoms with Gasteiger partial charge in [-0.05, 0) is 30.7 Å². The average molecular weight is 360 g/mol. The normalized spacial score (nSPS) is 11.0. The Kier molecular flexibility index (Phi) is 4.45. The third-order valence-electron chi connectivity index (χ3n) is 3.68. The summed E-state index contributed by atoms with van der Waals surface area (Å²) in [6.07, 6.45) is 0. The van der Waals surface area contributed by atoms with E-state index in [2.05, 4.69) is 55.5 Å². The molecule has 2 N–H and O–H groups in total. The molecular weight excluding hydrogens is 342 g/mol. The molecule has 1 aromatic carbocycles. The zero-order valence-corrected chi connectivity index (χ0v) is 14.2. The molecule has 5 heteroatoms. The number of rotatable bonds is 5. The summed E-state index contributed by atoms with van der Waals surface area (Å²) in [4.78, 5) is 7.81. The Morgan fingerprint density at radius 3 is 2.82 bits per heavy atom. The molecule has 22 heavy (non-hydrogen) atoms. The number of aromatic amines is 1. The Morgan fingerprint density at radius 1 is 1.23 bits per heavy atom. The van der Waals surface area contributed by atoms with Gasteiger partial charge in [0, 0.05) is 45.9 Å². The van der Waals surface area contributed by atoms with Crippen molar-refractivity contribution in [3.8, 4) is 5.88 Å². The van der Waals surface area contributed by atoms with E-state index in [-0.39, 0.29) is 0 Å². The van der Waals surface area contributed by atoms with Crippen LogP contribution in [0, 0.1) is 6.92 Å². The summed E-state index contributed by atoms with van der Waals surface area (Å²) in [6, 6.07) is 12.3. The van der Waals surface area contributed by atoms with Crippen molar-refractivity contribution >= 4 is 26.8 Å². The molecule has 3 rings (SSSR count). The third kappa shape index (κ3) is 3.15. The van der Waals surface area contributed by atoms with Gasteiger partial charge in [-0.2, -0.15) is 0 Å². The zero-order valence-electron chi connectivity index (χ0n) is 12.6. The first-order valence-electron chi connectivity index (χ1n) is 7.14. The molecule has 0 bridgehead atoms. The van der Waals surface area contributed by atoms with Crippen molar-refractivity contribution in [2.45, 2.75) is 20.0 Å². The van der Waals surface area contributed by atoms with E-state index in [0.29, 0.717) is 5.88 Å². The molecule has 0 fully saturated rings. The minimum atomic E-state index is 0.654. The highest BCUT2D eigenvalue weighted by Crippen LogP contribution is 2.24. The van der Waals surface area contributed by atoms with Crippen LogP contribution in [0.1, 0.15) is 17.0 Å². The zero-order chi connectivity index (χ0) is 15.5. The third-order valence-corrected chi connectivity index (χ3v) is 4.37. The van der Waals surface area contributed by atoms with E-state index in [0.717, 1.165) is 28.8 Å². The van der Waals surface area contributed by atoms with Crippen LogP contribution in [0.2, 0.25) is 0 Å². The van der Waals surface area contributed by atoms with Gasteiger partial charge in [0.1, 0.15) is 0 Å². The molecule has 2 heterocycles. The standard InChI is InChI=1S/C17H18BrN3O/c1-11-12(6-7-17(20-11)22-2)9-19-10-13-8-14-15(18)4-3-5-16(14)21-13/h3-8,19,21H,9-10H2,1-2H3. The minimum Gasteiger partial charge on any atom is -0.481 e. The number of hydrogen-bond acceptors (Lipinski definition) is 3. The largest absolute Gasteiger partial charge is 0.481 e. The second-order valence-corrected chi connectivity index (χ2v) is 6.05. The Hall–Kier alpha value is -1.85. The summed E-state index contributed by atoms with van der Waals surface area (Å²) >= 11 is 3.58. The lowest BCUT2D eigenvalue weighted by atomic mass is 10.2. The number of methoxy groups -OCH3 is 1. The molecule has 0 spiro atoms.